The molecule has 0 N–H and O–H groups in total. The molecule has 0 unspecified atom stereocenters. The molecule has 0 bridgehead atoms. The summed E-state index contributed by atoms with van der Waals surface area (Å²) < 4.78 is 73.6. The van der Waals surface area contributed by atoms with Crippen molar-refractivity contribution < 1.29 is 31.1 Å². The van der Waals surface area contributed by atoms with Crippen LogP contribution in [-0.4, -0.2) is 59.3 Å². The number of hydrogen-bond donors (Lipinski definition) is 0. The highest BCUT2D eigenvalue weighted by Gasteiger charge is 2.47. The number of hydrogen-bond acceptors (Lipinski definition) is 8. The zero-order valence-electron chi connectivity index (χ0n) is 18.1. The molecule has 1 saturated heterocycles. The van der Waals surface area contributed by atoms with Crippen LogP contribution in [0.15, 0.2) is 53.6 Å². The minimum atomic E-state index is -4.86. The monoisotopic (exact) mass is 495 g/mol. The van der Waals surface area contributed by atoms with E-state index in [0.717, 1.165) is 25.3 Å². The molecule has 0 saturated carbocycles. The maximum absolute atomic E-state index is 13.5. The van der Waals surface area contributed by atoms with Gasteiger partial charge in [0.2, 0.25) is 0 Å². The van der Waals surface area contributed by atoms with Gasteiger partial charge >= 0.3 is 12.1 Å². The van der Waals surface area contributed by atoms with Gasteiger partial charge in [0.15, 0.2) is 15.7 Å². The molecule has 2 atom stereocenters. The van der Waals surface area contributed by atoms with Crippen molar-refractivity contribution in [1.82, 2.24) is 20.0 Å². The Morgan fingerprint density at radius 1 is 1.18 bits per heavy atom. The number of sulfone groups is 1. The Morgan fingerprint density at radius 3 is 2.56 bits per heavy atom. The minimum absolute atomic E-state index is 0.250. The van der Waals surface area contributed by atoms with Crippen LogP contribution in [0.3, 0.4) is 0 Å². The quantitative estimate of drug-likeness (QED) is 0.497. The summed E-state index contributed by atoms with van der Waals surface area (Å²) in [5.74, 6) is -0.0514. The van der Waals surface area contributed by atoms with Gasteiger partial charge < -0.3 is 9.64 Å². The topological polar surface area (TPSA) is 107 Å². The van der Waals surface area contributed by atoms with E-state index in [9.17, 15) is 26.4 Å². The lowest BCUT2D eigenvalue weighted by molar-refractivity contribution is -0.142. The Labute approximate surface area is 193 Å². The van der Waals surface area contributed by atoms with Crippen LogP contribution in [0.5, 0.6) is 0 Å². The van der Waals surface area contributed by atoms with Crippen molar-refractivity contribution in [3.8, 4) is 5.82 Å². The van der Waals surface area contributed by atoms with Gasteiger partial charge in [0.1, 0.15) is 11.9 Å². The molecule has 0 aliphatic carbocycles. The van der Waals surface area contributed by atoms with Gasteiger partial charge in [-0.3, -0.25) is 0 Å². The maximum atomic E-state index is 13.5. The van der Waals surface area contributed by atoms with E-state index in [4.69, 9.17) is 4.74 Å². The molecule has 3 aromatic rings. The summed E-state index contributed by atoms with van der Waals surface area (Å²) >= 11 is 0. The molecule has 1 aromatic carbocycles. The summed E-state index contributed by atoms with van der Waals surface area (Å²) in [7, 11) is -3.31. The smallest absolute Gasteiger partial charge is 0.417 e. The zero-order chi connectivity index (χ0) is 24.7. The van der Waals surface area contributed by atoms with E-state index in [1.165, 1.54) is 21.8 Å². The van der Waals surface area contributed by atoms with Crippen molar-refractivity contribution in [2.24, 2.45) is 0 Å². The van der Waals surface area contributed by atoms with Crippen molar-refractivity contribution >= 4 is 21.6 Å². The molecule has 4 rings (SSSR count). The van der Waals surface area contributed by atoms with Crippen molar-refractivity contribution in [2.75, 3.05) is 18.6 Å². The number of alkyl halides is 3. The van der Waals surface area contributed by atoms with E-state index in [1.807, 2.05) is 0 Å². The van der Waals surface area contributed by atoms with Crippen molar-refractivity contribution in [3.63, 3.8) is 0 Å². The van der Waals surface area contributed by atoms with Gasteiger partial charge in [-0.05, 0) is 37.6 Å². The molecule has 0 spiro atoms. The lowest BCUT2D eigenvalue weighted by Crippen LogP contribution is -2.38. The molecule has 180 valence electrons. The third kappa shape index (κ3) is 4.22. The first kappa shape index (κ1) is 23.7. The number of methoxy groups -OCH3 is 1. The highest BCUT2D eigenvalue weighted by molar-refractivity contribution is 7.92. The first-order valence-corrected chi connectivity index (χ1v) is 11.7. The summed E-state index contributed by atoms with van der Waals surface area (Å²) in [4.78, 5) is 13.2. The van der Waals surface area contributed by atoms with Gasteiger partial charge in [0, 0.05) is 18.8 Å². The molecular formula is C21H20F3N5O4S. The van der Waals surface area contributed by atoms with E-state index in [2.05, 4.69) is 15.3 Å². The maximum Gasteiger partial charge on any atom is 0.417 e. The van der Waals surface area contributed by atoms with Crippen LogP contribution in [0.4, 0.5) is 19.0 Å². The summed E-state index contributed by atoms with van der Waals surface area (Å²) in [6.07, 6.45) is -3.65. The molecule has 1 aliphatic rings. The second kappa shape index (κ2) is 8.70. The van der Waals surface area contributed by atoms with Crippen LogP contribution >= 0.6 is 0 Å². The molecule has 3 heterocycles. The first-order valence-electron chi connectivity index (χ1n) is 10.1. The fraction of sp³-hybridized carbons (Fsp3) is 0.333. The number of nitrogens with zero attached hydrogens (tertiary/aromatic N) is 5. The Bertz CT molecular complexity index is 1310. The number of carbonyl (C=O) groups excluding carboxylic acids is 1. The summed E-state index contributed by atoms with van der Waals surface area (Å²) in [6, 6.07) is 7.84. The normalized spacial score (nSPS) is 18.8. The summed E-state index contributed by atoms with van der Waals surface area (Å²) in [5, 5.41) is 10.9. The van der Waals surface area contributed by atoms with Gasteiger partial charge in [0.05, 0.1) is 28.5 Å². The minimum Gasteiger partial charge on any atom is -0.467 e. The van der Waals surface area contributed by atoms with Crippen LogP contribution in [0.2, 0.25) is 0 Å². The number of carbonyl (C=O) groups is 1. The molecule has 34 heavy (non-hydrogen) atoms. The van der Waals surface area contributed by atoms with Crippen LogP contribution in [-0.2, 0) is 25.5 Å². The van der Waals surface area contributed by atoms with Gasteiger partial charge in [-0.25, -0.2) is 13.2 Å². The van der Waals surface area contributed by atoms with E-state index >= 15 is 0 Å². The van der Waals surface area contributed by atoms with Gasteiger partial charge in [-0.1, -0.05) is 12.1 Å². The lowest BCUT2D eigenvalue weighted by atomic mass is 10.2. The number of benzene rings is 1. The van der Waals surface area contributed by atoms with E-state index in [0.29, 0.717) is 17.3 Å². The highest BCUT2D eigenvalue weighted by Crippen LogP contribution is 2.39. The molecule has 1 aliphatic heterocycles. The number of esters is 1. The number of aryl methyl sites for hydroxylation is 1. The average molecular weight is 495 g/mol. The fourth-order valence-electron chi connectivity index (χ4n) is 4.03. The Hall–Kier alpha value is -3.48. The number of aromatic nitrogens is 4. The van der Waals surface area contributed by atoms with E-state index in [-0.39, 0.29) is 13.0 Å². The number of ether oxygens (including phenoxy) is 1. The third-order valence-corrected chi connectivity index (χ3v) is 7.74. The number of anilines is 1. The third-order valence-electron chi connectivity index (χ3n) is 5.56. The molecule has 0 amide bonds. The fourth-order valence-corrected chi connectivity index (χ4v) is 5.94. The lowest BCUT2D eigenvalue weighted by Gasteiger charge is -2.24. The van der Waals surface area contributed by atoms with Crippen LogP contribution in [0.1, 0.15) is 17.7 Å². The molecule has 2 aromatic heterocycles. The SMILES string of the molecule is COC(=O)[C@@H]1C[C@@H](S(=O)(=O)c2ccccc2C(F)(F)F)CN1c1cc(C)nn1-c1cccnn1. The van der Waals surface area contributed by atoms with Crippen LogP contribution in [0.25, 0.3) is 5.82 Å². The van der Waals surface area contributed by atoms with Gasteiger partial charge in [-0.2, -0.15) is 28.1 Å². The van der Waals surface area contributed by atoms with E-state index < -0.39 is 43.7 Å². The largest absolute Gasteiger partial charge is 0.467 e. The second-order valence-electron chi connectivity index (χ2n) is 7.73. The second-order valence-corrected chi connectivity index (χ2v) is 9.92. The molecule has 1 fully saturated rings. The number of rotatable bonds is 5. The van der Waals surface area contributed by atoms with Crippen molar-refractivity contribution in [3.05, 3.63) is 59.9 Å². The van der Waals surface area contributed by atoms with Crippen LogP contribution in [0, 0.1) is 6.92 Å². The Morgan fingerprint density at radius 2 is 1.91 bits per heavy atom. The number of halogens is 3. The Kier molecular flexibility index (Phi) is 6.06. The summed E-state index contributed by atoms with van der Waals surface area (Å²) in [5.41, 5.74) is -0.693. The van der Waals surface area contributed by atoms with Crippen LogP contribution < -0.4 is 4.90 Å². The highest BCUT2D eigenvalue weighted by atomic mass is 32.2. The standard InChI is InChI=1S/C21H20F3N5O4S/c1-13-10-19(29(27-13)18-8-5-9-25-26-18)28-12-14(11-16(28)20(30)33-2)34(31,32)17-7-4-3-6-15(17)21(22,23)24/h3-10,14,16H,11-12H2,1-2H3/t14-,16+/m1/s1. The Balaban J connectivity index is 1.78. The molecule has 0 radical (unpaired) electrons. The van der Waals surface area contributed by atoms with Crippen molar-refractivity contribution in [1.29, 1.82) is 0 Å². The summed E-state index contributed by atoms with van der Waals surface area (Å²) in [6.45, 7) is 1.45. The molecule has 9 nitrogen and oxygen atoms in total. The van der Waals surface area contributed by atoms with Crippen molar-refractivity contribution in [2.45, 2.75) is 35.7 Å². The van der Waals surface area contributed by atoms with Gasteiger partial charge in [0.25, 0.3) is 0 Å². The van der Waals surface area contributed by atoms with E-state index in [1.54, 1.807) is 25.1 Å². The average Bonchev–Trinajstić information content (AvgIpc) is 3.43. The van der Waals surface area contributed by atoms with Gasteiger partial charge in [-0.15, -0.1) is 5.10 Å². The zero-order valence-corrected chi connectivity index (χ0v) is 18.9. The predicted molar refractivity (Wildman–Crippen MR) is 114 cm³/mol. The molecule has 13 heteroatoms. The molecular weight excluding hydrogens is 475 g/mol. The first-order chi connectivity index (χ1) is 16.0. The predicted octanol–water partition coefficient (Wildman–Crippen LogP) is 2.58.